The number of hydrogen-bond donors (Lipinski definition) is 1. The number of carbonyl (C=O) groups excluding carboxylic acids is 1. The topological polar surface area (TPSA) is 38.3 Å². The van der Waals surface area contributed by atoms with Crippen LogP contribution in [0.5, 0.6) is 5.75 Å². The molecule has 1 amide bonds. The number of rotatable bonds is 5. The van der Waals surface area contributed by atoms with Crippen molar-refractivity contribution in [3.8, 4) is 5.75 Å². The molecule has 3 heteroatoms. The molecule has 0 saturated carbocycles. The Morgan fingerprint density at radius 1 is 1.00 bits per heavy atom. The fourth-order valence-corrected chi connectivity index (χ4v) is 4.21. The van der Waals surface area contributed by atoms with Crippen LogP contribution in [0.3, 0.4) is 0 Å². The average molecular weight is 400 g/mol. The molecule has 4 rings (SSSR count). The van der Waals surface area contributed by atoms with Crippen molar-refractivity contribution in [2.24, 2.45) is 0 Å². The molecule has 3 aromatic rings. The number of amides is 1. The van der Waals surface area contributed by atoms with Crippen LogP contribution < -0.4 is 10.1 Å². The summed E-state index contributed by atoms with van der Waals surface area (Å²) in [7, 11) is 0. The second kappa shape index (κ2) is 8.35. The molecule has 0 radical (unpaired) electrons. The van der Waals surface area contributed by atoms with Crippen LogP contribution in [0.25, 0.3) is 0 Å². The average Bonchev–Trinajstić information content (AvgIpc) is 2.72. The third kappa shape index (κ3) is 4.56. The first-order valence-electron chi connectivity index (χ1n) is 10.6. The van der Waals surface area contributed by atoms with Crippen LogP contribution in [0.15, 0.2) is 72.8 Å². The summed E-state index contributed by atoms with van der Waals surface area (Å²) in [6.07, 6.45) is 2.49. The van der Waals surface area contributed by atoms with Crippen LogP contribution in [0, 0.1) is 6.92 Å². The van der Waals surface area contributed by atoms with E-state index in [1.54, 1.807) is 0 Å². The van der Waals surface area contributed by atoms with Gasteiger partial charge in [0, 0.05) is 17.5 Å². The molecule has 1 aliphatic heterocycles. The first-order chi connectivity index (χ1) is 14.4. The molecule has 1 aliphatic rings. The van der Waals surface area contributed by atoms with Gasteiger partial charge in [-0.2, -0.15) is 0 Å². The second-order valence-electron chi connectivity index (χ2n) is 8.78. The van der Waals surface area contributed by atoms with E-state index in [-0.39, 0.29) is 17.6 Å². The molecule has 0 bridgehead atoms. The minimum Gasteiger partial charge on any atom is -0.487 e. The van der Waals surface area contributed by atoms with E-state index < -0.39 is 0 Å². The molecule has 3 nitrogen and oxygen atoms in total. The van der Waals surface area contributed by atoms with Crippen LogP contribution in [0.1, 0.15) is 58.9 Å². The lowest BCUT2D eigenvalue weighted by Crippen LogP contribution is -2.41. The number of hydrogen-bond acceptors (Lipinski definition) is 2. The van der Waals surface area contributed by atoms with Gasteiger partial charge in [0.15, 0.2) is 0 Å². The number of aryl methyl sites for hydroxylation is 3. The third-order valence-electron chi connectivity index (χ3n) is 5.72. The van der Waals surface area contributed by atoms with Crippen molar-refractivity contribution in [3.63, 3.8) is 0 Å². The van der Waals surface area contributed by atoms with Crippen molar-refractivity contribution >= 4 is 5.91 Å². The molecule has 30 heavy (non-hydrogen) atoms. The van der Waals surface area contributed by atoms with Gasteiger partial charge >= 0.3 is 0 Å². The smallest absolute Gasteiger partial charge is 0.252 e. The Hall–Kier alpha value is -3.07. The molecule has 0 saturated heterocycles. The van der Waals surface area contributed by atoms with Gasteiger partial charge in [-0.1, -0.05) is 60.7 Å². The standard InChI is InChI=1S/C27H29NO2/c1-19-13-16-23-24(18-27(2,3)30-25(23)17-19)28-26(29)22-12-8-7-11-21(22)15-14-20-9-5-4-6-10-20/h4-13,16-17,24H,14-15,18H2,1-3H3,(H,28,29)/t24-/m1/s1. The third-order valence-corrected chi connectivity index (χ3v) is 5.72. The van der Waals surface area contributed by atoms with Gasteiger partial charge in [-0.3, -0.25) is 4.79 Å². The van der Waals surface area contributed by atoms with Gasteiger partial charge < -0.3 is 10.1 Å². The van der Waals surface area contributed by atoms with Crippen LogP contribution >= 0.6 is 0 Å². The highest BCUT2D eigenvalue weighted by Crippen LogP contribution is 2.40. The summed E-state index contributed by atoms with van der Waals surface area (Å²) in [6.45, 7) is 6.21. The summed E-state index contributed by atoms with van der Waals surface area (Å²) >= 11 is 0. The van der Waals surface area contributed by atoms with Crippen molar-refractivity contribution in [2.45, 2.75) is 51.7 Å². The molecule has 1 heterocycles. The van der Waals surface area contributed by atoms with Gasteiger partial charge in [-0.05, 0) is 62.4 Å². The monoisotopic (exact) mass is 399 g/mol. The van der Waals surface area contributed by atoms with Crippen molar-refractivity contribution in [1.82, 2.24) is 5.32 Å². The number of carbonyl (C=O) groups is 1. The fourth-order valence-electron chi connectivity index (χ4n) is 4.21. The maximum absolute atomic E-state index is 13.3. The highest BCUT2D eigenvalue weighted by molar-refractivity contribution is 5.96. The quantitative estimate of drug-likeness (QED) is 0.588. The first-order valence-corrected chi connectivity index (χ1v) is 10.6. The lowest BCUT2D eigenvalue weighted by molar-refractivity contribution is 0.0619. The van der Waals surface area contributed by atoms with Gasteiger partial charge in [0.2, 0.25) is 0 Å². The lowest BCUT2D eigenvalue weighted by Gasteiger charge is -2.38. The molecule has 3 aromatic carbocycles. The molecular weight excluding hydrogens is 370 g/mol. The normalized spacial score (nSPS) is 17.0. The van der Waals surface area contributed by atoms with Gasteiger partial charge in [0.25, 0.3) is 5.91 Å². The molecule has 0 unspecified atom stereocenters. The Balaban J connectivity index is 1.55. The predicted octanol–water partition coefficient (Wildman–Crippen LogP) is 5.81. The van der Waals surface area contributed by atoms with E-state index in [4.69, 9.17) is 4.74 Å². The summed E-state index contributed by atoms with van der Waals surface area (Å²) in [5.74, 6) is 0.849. The van der Waals surface area contributed by atoms with E-state index in [0.717, 1.165) is 47.3 Å². The van der Waals surface area contributed by atoms with Crippen LogP contribution in [-0.4, -0.2) is 11.5 Å². The van der Waals surface area contributed by atoms with Crippen molar-refractivity contribution in [1.29, 1.82) is 0 Å². The van der Waals surface area contributed by atoms with E-state index in [0.29, 0.717) is 0 Å². The largest absolute Gasteiger partial charge is 0.487 e. The molecule has 1 N–H and O–H groups in total. The Kier molecular flexibility index (Phi) is 5.63. The Bertz CT molecular complexity index is 1040. The Labute approximate surface area is 179 Å². The van der Waals surface area contributed by atoms with Crippen LogP contribution in [-0.2, 0) is 12.8 Å². The van der Waals surface area contributed by atoms with E-state index in [2.05, 4.69) is 74.6 Å². The maximum atomic E-state index is 13.3. The lowest BCUT2D eigenvalue weighted by atomic mass is 9.88. The second-order valence-corrected chi connectivity index (χ2v) is 8.78. The Morgan fingerprint density at radius 3 is 2.53 bits per heavy atom. The van der Waals surface area contributed by atoms with E-state index >= 15 is 0 Å². The molecule has 154 valence electrons. The van der Waals surface area contributed by atoms with E-state index in [9.17, 15) is 4.79 Å². The summed E-state index contributed by atoms with van der Waals surface area (Å²) in [6, 6.07) is 24.5. The fraction of sp³-hybridized carbons (Fsp3) is 0.296. The summed E-state index contributed by atoms with van der Waals surface area (Å²) in [5, 5.41) is 3.29. The van der Waals surface area contributed by atoms with Crippen molar-refractivity contribution < 1.29 is 9.53 Å². The zero-order valence-corrected chi connectivity index (χ0v) is 17.9. The van der Waals surface area contributed by atoms with Gasteiger partial charge in [0.1, 0.15) is 11.4 Å². The zero-order valence-electron chi connectivity index (χ0n) is 17.9. The molecule has 0 spiro atoms. The number of nitrogens with one attached hydrogen (secondary N) is 1. The van der Waals surface area contributed by atoms with Crippen LogP contribution in [0.2, 0.25) is 0 Å². The summed E-state index contributed by atoms with van der Waals surface area (Å²) < 4.78 is 6.18. The summed E-state index contributed by atoms with van der Waals surface area (Å²) in [4.78, 5) is 13.3. The molecule has 0 aliphatic carbocycles. The van der Waals surface area contributed by atoms with Crippen LogP contribution in [0.4, 0.5) is 0 Å². The van der Waals surface area contributed by atoms with E-state index in [1.807, 2.05) is 24.3 Å². The van der Waals surface area contributed by atoms with E-state index in [1.165, 1.54) is 5.56 Å². The molecule has 1 atom stereocenters. The maximum Gasteiger partial charge on any atom is 0.252 e. The Morgan fingerprint density at radius 2 is 1.73 bits per heavy atom. The van der Waals surface area contributed by atoms with Gasteiger partial charge in [-0.15, -0.1) is 0 Å². The minimum absolute atomic E-state index is 0.0205. The predicted molar refractivity (Wildman–Crippen MR) is 121 cm³/mol. The zero-order chi connectivity index (χ0) is 21.1. The molecular formula is C27H29NO2. The van der Waals surface area contributed by atoms with Crippen molar-refractivity contribution in [3.05, 3.63) is 101 Å². The summed E-state index contributed by atoms with van der Waals surface area (Å²) in [5.41, 5.74) is 4.99. The first kappa shape index (κ1) is 20.2. The molecule has 0 fully saturated rings. The minimum atomic E-state index is -0.328. The van der Waals surface area contributed by atoms with Gasteiger partial charge in [0.05, 0.1) is 6.04 Å². The highest BCUT2D eigenvalue weighted by Gasteiger charge is 2.34. The highest BCUT2D eigenvalue weighted by atomic mass is 16.5. The van der Waals surface area contributed by atoms with Gasteiger partial charge in [-0.25, -0.2) is 0 Å². The van der Waals surface area contributed by atoms with Crippen molar-refractivity contribution in [2.75, 3.05) is 0 Å². The number of ether oxygens (including phenoxy) is 1. The SMILES string of the molecule is Cc1ccc2c(c1)OC(C)(C)C[C@H]2NC(=O)c1ccccc1CCc1ccccc1. The molecule has 0 aromatic heterocycles. The number of fused-ring (bicyclic) bond motifs is 1. The number of benzene rings is 3.